The zero-order chi connectivity index (χ0) is 19.1. The summed E-state index contributed by atoms with van der Waals surface area (Å²) in [5.74, 6) is 0.962. The summed E-state index contributed by atoms with van der Waals surface area (Å²) >= 11 is 0. The van der Waals surface area contributed by atoms with Gasteiger partial charge in [0.2, 0.25) is 0 Å². The number of H-pyrrole nitrogens is 1. The molecule has 0 atom stereocenters. The first-order valence-electron chi connectivity index (χ1n) is 9.35. The molecule has 1 saturated heterocycles. The second kappa shape index (κ2) is 6.68. The van der Waals surface area contributed by atoms with Crippen molar-refractivity contribution in [1.29, 1.82) is 0 Å². The first-order valence-corrected chi connectivity index (χ1v) is 9.35. The zero-order valence-corrected chi connectivity index (χ0v) is 15.8. The quantitative estimate of drug-likeness (QED) is 0.766. The molecule has 1 aliphatic heterocycles. The van der Waals surface area contributed by atoms with E-state index in [1.807, 2.05) is 43.0 Å². The normalized spacial score (nSPS) is 15.8. The van der Waals surface area contributed by atoms with Crippen molar-refractivity contribution in [2.75, 3.05) is 13.1 Å². The number of aryl methyl sites for hydroxylation is 1. The Morgan fingerprint density at radius 3 is 2.63 bits per heavy atom. The van der Waals surface area contributed by atoms with E-state index < -0.39 is 0 Å². The van der Waals surface area contributed by atoms with E-state index in [9.17, 15) is 9.59 Å². The number of aromatic nitrogens is 5. The van der Waals surface area contributed by atoms with Crippen LogP contribution in [0.2, 0.25) is 0 Å². The van der Waals surface area contributed by atoms with E-state index in [1.54, 1.807) is 11.6 Å². The average Bonchev–Trinajstić information content (AvgIpc) is 3.23. The molecule has 1 amide bonds. The summed E-state index contributed by atoms with van der Waals surface area (Å²) in [6.07, 6.45) is 1.58. The van der Waals surface area contributed by atoms with Gasteiger partial charge in [0.05, 0.1) is 5.52 Å². The molecule has 0 bridgehead atoms. The number of likely N-dealkylation sites (tertiary alicyclic amines) is 1. The van der Waals surface area contributed by atoms with Gasteiger partial charge in [-0.2, -0.15) is 10.2 Å². The van der Waals surface area contributed by atoms with Crippen LogP contribution in [0.25, 0.3) is 10.9 Å². The number of carbonyl (C=O) groups is 1. The molecule has 1 aliphatic rings. The molecule has 27 heavy (non-hydrogen) atoms. The highest BCUT2D eigenvalue weighted by Gasteiger charge is 2.30. The summed E-state index contributed by atoms with van der Waals surface area (Å²) in [4.78, 5) is 27.1. The lowest BCUT2D eigenvalue weighted by Gasteiger charge is -2.31. The van der Waals surface area contributed by atoms with Crippen molar-refractivity contribution in [2.45, 2.75) is 38.6 Å². The van der Waals surface area contributed by atoms with Gasteiger partial charge in [0.25, 0.3) is 5.91 Å². The first-order chi connectivity index (χ1) is 13.0. The smallest absolute Gasteiger partial charge is 0.337 e. The van der Waals surface area contributed by atoms with Gasteiger partial charge < -0.3 is 4.90 Å². The summed E-state index contributed by atoms with van der Waals surface area (Å²) in [5, 5.41) is 12.5. The van der Waals surface area contributed by atoms with Crippen LogP contribution < -0.4 is 5.69 Å². The lowest BCUT2D eigenvalue weighted by atomic mass is 9.95. The Morgan fingerprint density at radius 2 is 1.93 bits per heavy atom. The number of fused-ring (bicyclic) bond motifs is 1. The maximum atomic E-state index is 12.9. The van der Waals surface area contributed by atoms with Crippen LogP contribution in [0.1, 0.15) is 55.0 Å². The van der Waals surface area contributed by atoms with Crippen LogP contribution in [0.5, 0.6) is 0 Å². The highest BCUT2D eigenvalue weighted by molar-refractivity contribution is 6.04. The van der Waals surface area contributed by atoms with Crippen LogP contribution in [-0.4, -0.2) is 48.4 Å². The van der Waals surface area contributed by atoms with E-state index in [4.69, 9.17) is 0 Å². The van der Waals surface area contributed by atoms with Crippen LogP contribution in [0, 0.1) is 0 Å². The van der Waals surface area contributed by atoms with Crippen molar-refractivity contribution in [1.82, 2.24) is 29.4 Å². The highest BCUT2D eigenvalue weighted by atomic mass is 16.2. The van der Waals surface area contributed by atoms with Crippen molar-refractivity contribution in [2.24, 2.45) is 7.05 Å². The number of nitrogens with one attached hydrogen (secondary N) is 1. The van der Waals surface area contributed by atoms with Gasteiger partial charge in [0, 0.05) is 37.5 Å². The van der Waals surface area contributed by atoms with Crippen molar-refractivity contribution in [3.63, 3.8) is 0 Å². The molecule has 2 aromatic heterocycles. The molecule has 1 N–H and O–H groups in total. The number of para-hydroxylation sites is 1. The van der Waals surface area contributed by atoms with Crippen LogP contribution >= 0.6 is 0 Å². The van der Waals surface area contributed by atoms with E-state index in [1.165, 1.54) is 4.68 Å². The fourth-order valence-corrected chi connectivity index (χ4v) is 3.88. The molecule has 8 heteroatoms. The minimum absolute atomic E-state index is 0.0480. The zero-order valence-electron chi connectivity index (χ0n) is 15.8. The molecule has 8 nitrogen and oxygen atoms in total. The minimum Gasteiger partial charge on any atom is -0.337 e. The van der Waals surface area contributed by atoms with E-state index in [2.05, 4.69) is 15.3 Å². The Morgan fingerprint density at radius 1 is 1.22 bits per heavy atom. The molecule has 0 aliphatic carbocycles. The molecular weight excluding hydrogens is 344 g/mol. The third-order valence-electron chi connectivity index (χ3n) is 5.32. The molecule has 0 unspecified atom stereocenters. The number of hydrogen-bond acceptors (Lipinski definition) is 4. The van der Waals surface area contributed by atoms with Gasteiger partial charge in [0.1, 0.15) is 5.82 Å². The molecule has 4 rings (SSSR count). The van der Waals surface area contributed by atoms with Gasteiger partial charge in [-0.15, -0.1) is 0 Å². The van der Waals surface area contributed by atoms with Crippen molar-refractivity contribution in [3.05, 3.63) is 46.3 Å². The molecule has 1 aromatic carbocycles. The van der Waals surface area contributed by atoms with Gasteiger partial charge in [-0.05, 0) is 32.8 Å². The SMILES string of the molecule is CC(C)n1c(C2CCN(C(=O)c3n[nH]c4ccccc34)CC2)nn(C)c1=O. The summed E-state index contributed by atoms with van der Waals surface area (Å²) in [6, 6.07) is 7.72. The van der Waals surface area contributed by atoms with E-state index in [0.717, 1.165) is 29.6 Å². The largest absolute Gasteiger partial charge is 0.345 e. The van der Waals surface area contributed by atoms with Gasteiger partial charge in [-0.1, -0.05) is 18.2 Å². The molecular formula is C19H24N6O2. The predicted molar refractivity (Wildman–Crippen MR) is 102 cm³/mol. The van der Waals surface area contributed by atoms with Crippen LogP contribution in [0.4, 0.5) is 0 Å². The molecule has 3 heterocycles. The number of aromatic amines is 1. The molecule has 3 aromatic rings. The molecule has 142 valence electrons. The fourth-order valence-electron chi connectivity index (χ4n) is 3.88. The highest BCUT2D eigenvalue weighted by Crippen LogP contribution is 2.28. The molecule has 1 fully saturated rings. The summed E-state index contributed by atoms with van der Waals surface area (Å²) in [6.45, 7) is 5.25. The molecule has 0 saturated carbocycles. The Hall–Kier alpha value is -2.90. The van der Waals surface area contributed by atoms with Gasteiger partial charge in [0.15, 0.2) is 5.69 Å². The maximum Gasteiger partial charge on any atom is 0.345 e. The first kappa shape index (κ1) is 17.5. The van der Waals surface area contributed by atoms with Crippen molar-refractivity contribution >= 4 is 16.8 Å². The van der Waals surface area contributed by atoms with E-state index in [-0.39, 0.29) is 23.6 Å². The third kappa shape index (κ3) is 2.94. The number of rotatable bonds is 3. The monoisotopic (exact) mass is 368 g/mol. The van der Waals surface area contributed by atoms with E-state index >= 15 is 0 Å². The summed E-state index contributed by atoms with van der Waals surface area (Å²) < 4.78 is 3.17. The second-order valence-electron chi connectivity index (χ2n) is 7.41. The van der Waals surface area contributed by atoms with Gasteiger partial charge in [-0.25, -0.2) is 9.48 Å². The molecule has 0 spiro atoms. The topological polar surface area (TPSA) is 88.8 Å². The fraction of sp³-hybridized carbons (Fsp3) is 0.474. The molecule has 0 radical (unpaired) electrons. The maximum absolute atomic E-state index is 12.9. The lowest BCUT2D eigenvalue weighted by Crippen LogP contribution is -2.39. The standard InChI is InChI=1S/C19H24N6O2/c1-12(2)25-17(22-23(3)19(25)27)13-8-10-24(11-9-13)18(26)16-14-6-4-5-7-15(14)20-21-16/h4-7,12-13H,8-11H2,1-3H3,(H,20,21). The van der Waals surface area contributed by atoms with Gasteiger partial charge in [-0.3, -0.25) is 14.5 Å². The van der Waals surface area contributed by atoms with Crippen LogP contribution in [-0.2, 0) is 7.05 Å². The number of amides is 1. The third-order valence-corrected chi connectivity index (χ3v) is 5.32. The lowest BCUT2D eigenvalue weighted by molar-refractivity contribution is 0.0705. The van der Waals surface area contributed by atoms with Crippen LogP contribution in [0.3, 0.4) is 0 Å². The number of carbonyl (C=O) groups excluding carboxylic acids is 1. The summed E-state index contributed by atoms with van der Waals surface area (Å²) in [7, 11) is 1.69. The number of piperidine rings is 1. The predicted octanol–water partition coefficient (Wildman–Crippen LogP) is 2.06. The van der Waals surface area contributed by atoms with Crippen LogP contribution in [0.15, 0.2) is 29.1 Å². The average molecular weight is 368 g/mol. The Kier molecular flexibility index (Phi) is 4.33. The Labute approximate surface area is 156 Å². The second-order valence-corrected chi connectivity index (χ2v) is 7.41. The number of benzene rings is 1. The minimum atomic E-state index is -0.0819. The van der Waals surface area contributed by atoms with Crippen molar-refractivity contribution < 1.29 is 4.79 Å². The van der Waals surface area contributed by atoms with E-state index in [0.29, 0.717) is 18.8 Å². The Bertz CT molecular complexity index is 1040. The van der Waals surface area contributed by atoms with Gasteiger partial charge >= 0.3 is 5.69 Å². The Balaban J connectivity index is 1.52. The number of hydrogen-bond donors (Lipinski definition) is 1. The number of nitrogens with zero attached hydrogens (tertiary/aromatic N) is 5. The summed E-state index contributed by atoms with van der Waals surface area (Å²) in [5.41, 5.74) is 1.26. The van der Waals surface area contributed by atoms with Crippen molar-refractivity contribution in [3.8, 4) is 0 Å².